The molecule has 1 atom stereocenters. The number of aromatic nitrogens is 3. The number of alkyl halides is 3. The predicted octanol–water partition coefficient (Wildman–Crippen LogP) is 5.27. The minimum Gasteiger partial charge on any atom is -0.493 e. The van der Waals surface area contributed by atoms with Gasteiger partial charge in [-0.15, -0.1) is 11.3 Å². The maximum absolute atomic E-state index is 13.4. The minimum atomic E-state index is -4.52. The molecule has 0 saturated carbocycles. The second kappa shape index (κ2) is 9.13. The Labute approximate surface area is 208 Å². The molecule has 0 amide bonds. The number of rotatable bonds is 6. The highest BCUT2D eigenvalue weighted by atomic mass is 32.2. The Bertz CT molecular complexity index is 1500. The van der Waals surface area contributed by atoms with E-state index in [1.807, 2.05) is 0 Å². The highest BCUT2D eigenvalue weighted by molar-refractivity contribution is 7.93. The monoisotopic (exact) mass is 536 g/mol. The van der Waals surface area contributed by atoms with E-state index < -0.39 is 27.9 Å². The van der Waals surface area contributed by atoms with E-state index in [1.165, 1.54) is 35.3 Å². The predicted molar refractivity (Wildman–Crippen MR) is 126 cm³/mol. The Morgan fingerprint density at radius 1 is 1.17 bits per heavy atom. The molecule has 2 aromatic carbocycles. The number of ether oxygens (including phenoxy) is 2. The summed E-state index contributed by atoms with van der Waals surface area (Å²) >= 11 is 1.15. The summed E-state index contributed by atoms with van der Waals surface area (Å²) < 4.78 is 81.5. The van der Waals surface area contributed by atoms with Crippen molar-refractivity contribution >= 4 is 26.5 Å². The lowest BCUT2D eigenvalue weighted by molar-refractivity contribution is -0.137. The summed E-state index contributed by atoms with van der Waals surface area (Å²) in [5, 5.41) is 5.95. The number of aryl methyl sites for hydroxylation is 1. The maximum atomic E-state index is 13.4. The van der Waals surface area contributed by atoms with E-state index in [1.54, 1.807) is 24.6 Å². The highest BCUT2D eigenvalue weighted by Gasteiger charge is 2.33. The molecule has 0 bridgehead atoms. The first-order chi connectivity index (χ1) is 17.1. The van der Waals surface area contributed by atoms with Crippen molar-refractivity contribution in [2.75, 3.05) is 11.3 Å². The van der Waals surface area contributed by atoms with Crippen molar-refractivity contribution < 1.29 is 31.1 Å². The molecule has 2 aromatic heterocycles. The fourth-order valence-corrected chi connectivity index (χ4v) is 5.68. The Balaban J connectivity index is 1.47. The van der Waals surface area contributed by atoms with Crippen LogP contribution in [-0.2, 0) is 23.2 Å². The summed E-state index contributed by atoms with van der Waals surface area (Å²) in [6, 6.07) is 9.30. The average Bonchev–Trinajstić information content (AvgIpc) is 3.49. The topological polar surface area (TPSA) is 95.3 Å². The van der Waals surface area contributed by atoms with E-state index in [4.69, 9.17) is 9.47 Å². The van der Waals surface area contributed by atoms with E-state index >= 15 is 0 Å². The van der Waals surface area contributed by atoms with Gasteiger partial charge in [-0.2, -0.15) is 18.3 Å². The van der Waals surface area contributed by atoms with Gasteiger partial charge in [-0.1, -0.05) is 6.07 Å². The van der Waals surface area contributed by atoms with Crippen molar-refractivity contribution in [3.05, 3.63) is 71.4 Å². The van der Waals surface area contributed by atoms with Crippen molar-refractivity contribution in [2.24, 2.45) is 7.05 Å². The molecule has 1 N–H and O–H groups in total. The van der Waals surface area contributed by atoms with E-state index in [0.29, 0.717) is 23.4 Å². The molecule has 13 heteroatoms. The number of anilines is 1. The second-order valence-corrected chi connectivity index (χ2v) is 10.5. The molecule has 5 rings (SSSR count). The van der Waals surface area contributed by atoms with Crippen LogP contribution >= 0.6 is 11.3 Å². The number of benzene rings is 2. The van der Waals surface area contributed by atoms with E-state index in [2.05, 4.69) is 14.8 Å². The molecule has 4 aromatic rings. The zero-order chi connectivity index (χ0) is 25.5. The molecule has 1 aliphatic heterocycles. The Morgan fingerprint density at radius 2 is 2.00 bits per heavy atom. The number of sulfonamides is 1. The van der Waals surface area contributed by atoms with Gasteiger partial charge in [0.2, 0.25) is 0 Å². The van der Waals surface area contributed by atoms with E-state index in [-0.39, 0.29) is 27.9 Å². The van der Waals surface area contributed by atoms with Crippen LogP contribution in [0.25, 0.3) is 11.3 Å². The number of fused-ring (bicyclic) bond motifs is 1. The minimum absolute atomic E-state index is 0.0118. The van der Waals surface area contributed by atoms with Crippen molar-refractivity contribution in [1.82, 2.24) is 14.8 Å². The third-order valence-corrected chi connectivity index (χ3v) is 7.76. The molecule has 36 heavy (non-hydrogen) atoms. The lowest BCUT2D eigenvalue weighted by Gasteiger charge is -2.28. The Morgan fingerprint density at radius 3 is 2.69 bits per heavy atom. The van der Waals surface area contributed by atoms with Crippen LogP contribution in [-0.4, -0.2) is 29.8 Å². The first-order valence-electron chi connectivity index (χ1n) is 10.7. The van der Waals surface area contributed by atoms with Gasteiger partial charge in [-0.3, -0.25) is 9.40 Å². The lowest BCUT2D eigenvalue weighted by atomic mass is 10.0. The van der Waals surface area contributed by atoms with Gasteiger partial charge in [0.05, 0.1) is 22.8 Å². The molecule has 1 unspecified atom stereocenters. The summed E-state index contributed by atoms with van der Waals surface area (Å²) in [6.07, 6.45) is -1.69. The van der Waals surface area contributed by atoms with Gasteiger partial charge in [0, 0.05) is 48.4 Å². The van der Waals surface area contributed by atoms with Gasteiger partial charge in [0.1, 0.15) is 17.6 Å². The number of hydrogen-bond acceptors (Lipinski definition) is 7. The van der Waals surface area contributed by atoms with Gasteiger partial charge < -0.3 is 9.47 Å². The van der Waals surface area contributed by atoms with Crippen LogP contribution in [0.1, 0.15) is 23.7 Å². The molecule has 0 fully saturated rings. The van der Waals surface area contributed by atoms with Crippen LogP contribution in [0.2, 0.25) is 0 Å². The van der Waals surface area contributed by atoms with Gasteiger partial charge in [-0.05, 0) is 30.3 Å². The first-order valence-corrected chi connectivity index (χ1v) is 13.0. The summed E-state index contributed by atoms with van der Waals surface area (Å²) in [7, 11) is -2.26. The molecule has 1 aliphatic rings. The second-order valence-electron chi connectivity index (χ2n) is 7.93. The van der Waals surface area contributed by atoms with E-state index in [0.717, 1.165) is 23.5 Å². The van der Waals surface area contributed by atoms with Crippen molar-refractivity contribution in [2.45, 2.75) is 23.6 Å². The Kier molecular flexibility index (Phi) is 6.12. The molecule has 8 nitrogen and oxygen atoms in total. The molecule has 188 valence electrons. The Hall–Kier alpha value is -3.58. The van der Waals surface area contributed by atoms with Crippen LogP contribution in [0.15, 0.2) is 65.1 Å². The zero-order valence-corrected chi connectivity index (χ0v) is 20.3. The van der Waals surface area contributed by atoms with Gasteiger partial charge in [-0.25, -0.2) is 13.4 Å². The number of halogens is 3. The number of thiazole rings is 1. The SMILES string of the molecule is Cn1nccc1-c1cc(C(F)(F)F)ccc1OC1CCOc2cc(S(=O)(=O)Nc3nccs3)ccc21. The van der Waals surface area contributed by atoms with Crippen LogP contribution in [0.4, 0.5) is 18.3 Å². The van der Waals surface area contributed by atoms with Crippen molar-refractivity contribution in [3.63, 3.8) is 0 Å². The van der Waals surface area contributed by atoms with Gasteiger partial charge in [0.25, 0.3) is 10.0 Å². The normalized spacial score (nSPS) is 15.7. The first kappa shape index (κ1) is 24.1. The fraction of sp³-hybridized carbons (Fsp3) is 0.217. The van der Waals surface area contributed by atoms with Crippen molar-refractivity contribution in [3.8, 4) is 22.8 Å². The highest BCUT2D eigenvalue weighted by Crippen LogP contribution is 2.42. The van der Waals surface area contributed by atoms with Crippen molar-refractivity contribution in [1.29, 1.82) is 0 Å². The molecule has 3 heterocycles. The summed E-state index contributed by atoms with van der Waals surface area (Å²) in [5.41, 5.74) is 0.481. The average molecular weight is 537 g/mol. The number of nitrogens with zero attached hydrogens (tertiary/aromatic N) is 3. The maximum Gasteiger partial charge on any atom is 0.416 e. The van der Waals surface area contributed by atoms with Crippen LogP contribution in [0.3, 0.4) is 0 Å². The van der Waals surface area contributed by atoms with Gasteiger partial charge in [0.15, 0.2) is 5.13 Å². The number of hydrogen-bond donors (Lipinski definition) is 1. The molecule has 0 aliphatic carbocycles. The molecule has 0 spiro atoms. The van der Waals surface area contributed by atoms with Crippen LogP contribution in [0, 0.1) is 0 Å². The standard InChI is InChI=1S/C23H19F3N4O4S2/c1-30-18(6-8-28-30)17-12-14(23(24,25)26)2-5-19(17)34-20-7-10-33-21-13-15(3-4-16(20)21)36(31,32)29-22-27-9-11-35-22/h2-6,8-9,11-13,20H,7,10H2,1H3,(H,27,29). The summed E-state index contributed by atoms with van der Waals surface area (Å²) in [5.74, 6) is 0.564. The largest absolute Gasteiger partial charge is 0.493 e. The molecular formula is C23H19F3N4O4S2. The molecule has 0 radical (unpaired) electrons. The van der Waals surface area contributed by atoms with Crippen LogP contribution in [0.5, 0.6) is 11.5 Å². The third-order valence-electron chi connectivity index (χ3n) is 5.61. The zero-order valence-electron chi connectivity index (χ0n) is 18.7. The smallest absolute Gasteiger partial charge is 0.416 e. The summed E-state index contributed by atoms with van der Waals surface area (Å²) in [6.45, 7) is 0.239. The fourth-order valence-electron chi connectivity index (χ4n) is 3.87. The third kappa shape index (κ3) is 4.75. The van der Waals surface area contributed by atoms with Gasteiger partial charge >= 0.3 is 6.18 Å². The number of nitrogens with one attached hydrogen (secondary N) is 1. The molecular weight excluding hydrogens is 517 g/mol. The van der Waals surface area contributed by atoms with E-state index in [9.17, 15) is 21.6 Å². The lowest BCUT2D eigenvalue weighted by Crippen LogP contribution is -2.20. The molecule has 0 saturated heterocycles. The quantitative estimate of drug-likeness (QED) is 0.361. The summed E-state index contributed by atoms with van der Waals surface area (Å²) in [4.78, 5) is 3.92. The van der Waals surface area contributed by atoms with Crippen LogP contribution < -0.4 is 14.2 Å².